The lowest BCUT2D eigenvalue weighted by Gasteiger charge is -2.12. The first-order valence-electron chi connectivity index (χ1n) is 4.62. The van der Waals surface area contributed by atoms with Gasteiger partial charge in [0.15, 0.2) is 0 Å². The van der Waals surface area contributed by atoms with Crippen molar-refractivity contribution in [3.8, 4) is 0 Å². The molecular formula is C10H12BrFN2O2. The molecule has 4 N–H and O–H groups in total. The summed E-state index contributed by atoms with van der Waals surface area (Å²) < 4.78 is 13.3. The fourth-order valence-electron chi connectivity index (χ4n) is 1.09. The van der Waals surface area contributed by atoms with Gasteiger partial charge >= 0.3 is 0 Å². The number of hydrogen-bond acceptors (Lipinski definition) is 3. The Morgan fingerprint density at radius 2 is 2.31 bits per heavy atom. The fraction of sp³-hybridized carbons (Fsp3) is 0.300. The second-order valence-electron chi connectivity index (χ2n) is 3.41. The Kier molecular flexibility index (Phi) is 4.26. The molecule has 0 radical (unpaired) electrons. The standard InChI is InChI=1S/C10H12BrFN2O2/c1-5(4-15)14-10(16)6-2-9(13)8(12)3-7(6)11/h2-3,5,15H,4,13H2,1H3,(H,14,16)/t5-/m1/s1. The summed E-state index contributed by atoms with van der Waals surface area (Å²) in [6.45, 7) is 1.48. The van der Waals surface area contributed by atoms with Crippen molar-refractivity contribution in [1.82, 2.24) is 5.32 Å². The Morgan fingerprint density at radius 3 is 2.88 bits per heavy atom. The maximum atomic E-state index is 13.0. The summed E-state index contributed by atoms with van der Waals surface area (Å²) >= 11 is 3.07. The van der Waals surface area contributed by atoms with E-state index in [9.17, 15) is 9.18 Å². The minimum Gasteiger partial charge on any atom is -0.396 e. The van der Waals surface area contributed by atoms with Crippen molar-refractivity contribution in [3.63, 3.8) is 0 Å². The molecule has 0 saturated carbocycles. The molecule has 1 rings (SSSR count). The summed E-state index contributed by atoms with van der Waals surface area (Å²) in [4.78, 5) is 11.7. The zero-order valence-corrected chi connectivity index (χ0v) is 10.2. The number of amides is 1. The molecule has 0 aromatic heterocycles. The van der Waals surface area contributed by atoms with Gasteiger partial charge in [0.1, 0.15) is 5.82 Å². The molecule has 88 valence electrons. The van der Waals surface area contributed by atoms with Crippen molar-refractivity contribution in [3.05, 3.63) is 28.0 Å². The number of aliphatic hydroxyl groups is 1. The largest absolute Gasteiger partial charge is 0.396 e. The lowest BCUT2D eigenvalue weighted by molar-refractivity contribution is 0.0921. The molecule has 4 nitrogen and oxygen atoms in total. The first-order chi connectivity index (χ1) is 7.45. The van der Waals surface area contributed by atoms with Crippen LogP contribution in [-0.4, -0.2) is 23.7 Å². The monoisotopic (exact) mass is 290 g/mol. The molecule has 1 aromatic carbocycles. The molecule has 0 aliphatic heterocycles. The number of carbonyl (C=O) groups excluding carboxylic acids is 1. The summed E-state index contributed by atoms with van der Waals surface area (Å²) in [6.07, 6.45) is 0. The highest BCUT2D eigenvalue weighted by Gasteiger charge is 2.14. The zero-order valence-electron chi connectivity index (χ0n) is 8.63. The van der Waals surface area contributed by atoms with Gasteiger partial charge in [0, 0.05) is 10.5 Å². The number of nitrogens with two attached hydrogens (primary N) is 1. The van der Waals surface area contributed by atoms with Crippen molar-refractivity contribution in [2.75, 3.05) is 12.3 Å². The molecule has 0 fully saturated rings. The summed E-state index contributed by atoms with van der Waals surface area (Å²) in [5.74, 6) is -1.00. The van der Waals surface area contributed by atoms with Crippen LogP contribution < -0.4 is 11.1 Å². The topological polar surface area (TPSA) is 75.3 Å². The maximum absolute atomic E-state index is 13.0. The number of nitrogens with one attached hydrogen (secondary N) is 1. The maximum Gasteiger partial charge on any atom is 0.252 e. The first kappa shape index (κ1) is 12.9. The van der Waals surface area contributed by atoms with Gasteiger partial charge in [-0.05, 0) is 35.0 Å². The van der Waals surface area contributed by atoms with Crippen LogP contribution >= 0.6 is 15.9 Å². The van der Waals surface area contributed by atoms with Crippen molar-refractivity contribution in [2.24, 2.45) is 0 Å². The van der Waals surface area contributed by atoms with Gasteiger partial charge in [-0.25, -0.2) is 4.39 Å². The van der Waals surface area contributed by atoms with Crippen LogP contribution in [-0.2, 0) is 0 Å². The number of halogens is 2. The number of nitrogen functional groups attached to an aromatic ring is 1. The summed E-state index contributed by atoms with van der Waals surface area (Å²) in [7, 11) is 0. The fourth-order valence-corrected chi connectivity index (χ4v) is 1.58. The molecule has 16 heavy (non-hydrogen) atoms. The van der Waals surface area contributed by atoms with Gasteiger partial charge in [0.05, 0.1) is 17.9 Å². The molecular weight excluding hydrogens is 279 g/mol. The highest BCUT2D eigenvalue weighted by molar-refractivity contribution is 9.10. The molecule has 0 heterocycles. The van der Waals surface area contributed by atoms with E-state index in [1.807, 2.05) is 0 Å². The van der Waals surface area contributed by atoms with Crippen LogP contribution in [0.15, 0.2) is 16.6 Å². The number of anilines is 1. The Labute approximate surface area is 101 Å². The van der Waals surface area contributed by atoms with Gasteiger partial charge in [-0.2, -0.15) is 0 Å². The van der Waals surface area contributed by atoms with Crippen molar-refractivity contribution < 1.29 is 14.3 Å². The first-order valence-corrected chi connectivity index (χ1v) is 5.41. The van der Waals surface area contributed by atoms with Crippen LogP contribution in [0.1, 0.15) is 17.3 Å². The predicted octanol–water partition coefficient (Wildman–Crippen LogP) is 1.28. The number of hydrogen-bond donors (Lipinski definition) is 3. The third-order valence-corrected chi connectivity index (χ3v) is 2.64. The molecule has 1 aromatic rings. The smallest absolute Gasteiger partial charge is 0.252 e. The van der Waals surface area contributed by atoms with Crippen molar-refractivity contribution in [2.45, 2.75) is 13.0 Å². The average molecular weight is 291 g/mol. The molecule has 0 bridgehead atoms. The van der Waals surface area contributed by atoms with E-state index >= 15 is 0 Å². The van der Waals surface area contributed by atoms with Crippen LogP contribution in [0.2, 0.25) is 0 Å². The quantitative estimate of drug-likeness (QED) is 0.734. The van der Waals surface area contributed by atoms with Gasteiger partial charge in [0.2, 0.25) is 0 Å². The molecule has 1 atom stereocenters. The molecule has 0 aliphatic rings. The highest BCUT2D eigenvalue weighted by atomic mass is 79.9. The second kappa shape index (κ2) is 5.27. The zero-order chi connectivity index (χ0) is 12.3. The third-order valence-electron chi connectivity index (χ3n) is 1.98. The van der Waals surface area contributed by atoms with Crippen LogP contribution in [0.5, 0.6) is 0 Å². The van der Waals surface area contributed by atoms with Gasteiger partial charge in [-0.3, -0.25) is 4.79 Å². The molecule has 1 amide bonds. The molecule has 0 aliphatic carbocycles. The summed E-state index contributed by atoms with van der Waals surface area (Å²) in [6, 6.07) is 2.01. The van der Waals surface area contributed by atoms with E-state index in [1.54, 1.807) is 6.92 Å². The average Bonchev–Trinajstić information content (AvgIpc) is 2.23. The Hall–Kier alpha value is -1.14. The van der Waals surface area contributed by atoms with Gasteiger partial charge in [-0.1, -0.05) is 0 Å². The third kappa shape index (κ3) is 2.93. The Bertz CT molecular complexity index is 412. The van der Waals surface area contributed by atoms with Gasteiger partial charge < -0.3 is 16.2 Å². The summed E-state index contributed by atoms with van der Waals surface area (Å²) in [5, 5.41) is 11.3. The van der Waals surface area contributed by atoms with Crippen molar-refractivity contribution in [1.29, 1.82) is 0 Å². The number of rotatable bonds is 3. The van der Waals surface area contributed by atoms with Crippen LogP contribution in [0.4, 0.5) is 10.1 Å². The van der Waals surface area contributed by atoms with Crippen molar-refractivity contribution >= 4 is 27.5 Å². The minimum absolute atomic E-state index is 0.0926. The lowest BCUT2D eigenvalue weighted by atomic mass is 10.1. The van der Waals surface area contributed by atoms with E-state index in [-0.39, 0.29) is 23.9 Å². The highest BCUT2D eigenvalue weighted by Crippen LogP contribution is 2.22. The number of aliphatic hydroxyl groups excluding tert-OH is 1. The minimum atomic E-state index is -0.585. The van der Waals surface area contributed by atoms with Crippen LogP contribution in [0.25, 0.3) is 0 Å². The van der Waals surface area contributed by atoms with Crippen LogP contribution in [0.3, 0.4) is 0 Å². The number of benzene rings is 1. The molecule has 0 unspecified atom stereocenters. The molecule has 0 saturated heterocycles. The normalized spacial score (nSPS) is 12.2. The Balaban J connectivity index is 2.96. The molecule has 0 spiro atoms. The predicted molar refractivity (Wildman–Crippen MR) is 62.5 cm³/mol. The molecule has 6 heteroatoms. The van der Waals surface area contributed by atoms with Crippen LogP contribution in [0, 0.1) is 5.82 Å². The Morgan fingerprint density at radius 1 is 1.69 bits per heavy atom. The van der Waals surface area contributed by atoms with Gasteiger partial charge in [0.25, 0.3) is 5.91 Å². The summed E-state index contributed by atoms with van der Waals surface area (Å²) in [5.41, 5.74) is 5.51. The van der Waals surface area contributed by atoms with E-state index in [2.05, 4.69) is 21.2 Å². The van der Waals surface area contributed by atoms with E-state index in [4.69, 9.17) is 10.8 Å². The van der Waals surface area contributed by atoms with E-state index in [1.165, 1.54) is 6.07 Å². The van der Waals surface area contributed by atoms with E-state index in [0.29, 0.717) is 4.47 Å². The number of carbonyl (C=O) groups is 1. The lowest BCUT2D eigenvalue weighted by Crippen LogP contribution is -2.35. The SMILES string of the molecule is C[C@H](CO)NC(=O)c1cc(N)c(F)cc1Br. The second-order valence-corrected chi connectivity index (χ2v) is 4.26. The van der Waals surface area contributed by atoms with Gasteiger partial charge in [-0.15, -0.1) is 0 Å². The van der Waals surface area contributed by atoms with E-state index < -0.39 is 11.7 Å². The van der Waals surface area contributed by atoms with E-state index in [0.717, 1.165) is 6.07 Å².